The van der Waals surface area contributed by atoms with E-state index in [1.165, 1.54) is 34.6 Å². The summed E-state index contributed by atoms with van der Waals surface area (Å²) in [7, 11) is 3.07. The molecule has 2 aromatic carbocycles. The molecule has 0 atom stereocenters. The lowest BCUT2D eigenvalue weighted by atomic mass is 9.97. The molecule has 0 unspecified atom stereocenters. The summed E-state index contributed by atoms with van der Waals surface area (Å²) in [5.74, 6) is -0.737. The Kier molecular flexibility index (Phi) is 4.58. The van der Waals surface area contributed by atoms with Gasteiger partial charge in [0, 0.05) is 24.7 Å². The molecule has 30 heavy (non-hydrogen) atoms. The molecule has 0 aliphatic rings. The molecule has 2 aromatic heterocycles. The van der Waals surface area contributed by atoms with E-state index < -0.39 is 17.0 Å². The van der Waals surface area contributed by atoms with Crippen molar-refractivity contribution in [2.45, 2.75) is 6.92 Å². The lowest BCUT2D eigenvalue weighted by molar-refractivity contribution is 0.103. The van der Waals surface area contributed by atoms with Crippen LogP contribution in [0.25, 0.3) is 16.6 Å². The monoisotopic (exact) mass is 424 g/mol. The van der Waals surface area contributed by atoms with Crippen LogP contribution in [0.15, 0.2) is 52.2 Å². The van der Waals surface area contributed by atoms with E-state index in [4.69, 9.17) is 11.6 Å². The molecule has 0 aliphatic heterocycles. The van der Waals surface area contributed by atoms with Gasteiger partial charge in [-0.25, -0.2) is 14.0 Å². The number of rotatable bonds is 3. The summed E-state index contributed by atoms with van der Waals surface area (Å²) in [6.45, 7) is 1.64. The summed E-state index contributed by atoms with van der Waals surface area (Å²) >= 11 is 6.04. The van der Waals surface area contributed by atoms with Gasteiger partial charge in [-0.15, -0.1) is 0 Å². The van der Waals surface area contributed by atoms with Gasteiger partial charge in [0.25, 0.3) is 5.56 Å². The van der Waals surface area contributed by atoms with E-state index in [1.807, 2.05) is 0 Å². The standard InChI is InChI=1S/C21H17ClN4O4/c1-11-14(18(27)15-10-23-25(3)19(15)28)7-8-16-17(11)20(29)26(21(30)24(16)2)13-6-4-5-12(22)9-13/h4-10,28H,1-3H3. The van der Waals surface area contributed by atoms with Gasteiger partial charge in [0.2, 0.25) is 5.88 Å². The van der Waals surface area contributed by atoms with E-state index in [9.17, 15) is 19.5 Å². The Bertz CT molecular complexity index is 1460. The minimum atomic E-state index is -0.557. The summed E-state index contributed by atoms with van der Waals surface area (Å²) in [4.78, 5) is 39.2. The van der Waals surface area contributed by atoms with Crippen molar-refractivity contribution in [1.29, 1.82) is 0 Å². The molecule has 4 rings (SSSR count). The van der Waals surface area contributed by atoms with Crippen molar-refractivity contribution in [3.63, 3.8) is 0 Å². The first-order chi connectivity index (χ1) is 14.2. The third-order valence-electron chi connectivity index (χ3n) is 5.16. The number of ketones is 1. The zero-order valence-corrected chi connectivity index (χ0v) is 17.1. The van der Waals surface area contributed by atoms with Crippen LogP contribution in [0, 0.1) is 6.92 Å². The van der Waals surface area contributed by atoms with Gasteiger partial charge in [0.05, 0.1) is 22.8 Å². The zero-order valence-electron chi connectivity index (χ0n) is 16.4. The highest BCUT2D eigenvalue weighted by Gasteiger charge is 2.22. The number of benzene rings is 2. The first-order valence-corrected chi connectivity index (χ1v) is 9.37. The summed E-state index contributed by atoms with van der Waals surface area (Å²) < 4.78 is 3.55. The third-order valence-corrected chi connectivity index (χ3v) is 5.40. The van der Waals surface area contributed by atoms with E-state index in [0.29, 0.717) is 21.8 Å². The maximum absolute atomic E-state index is 13.3. The second-order valence-electron chi connectivity index (χ2n) is 6.93. The van der Waals surface area contributed by atoms with Gasteiger partial charge in [0.1, 0.15) is 5.56 Å². The highest BCUT2D eigenvalue weighted by atomic mass is 35.5. The number of hydrogen-bond acceptors (Lipinski definition) is 5. The number of fused-ring (bicyclic) bond motifs is 1. The van der Waals surface area contributed by atoms with Gasteiger partial charge in [-0.2, -0.15) is 5.10 Å². The molecular weight excluding hydrogens is 408 g/mol. The minimum absolute atomic E-state index is 0.0277. The fraction of sp³-hybridized carbons (Fsp3) is 0.143. The van der Waals surface area contributed by atoms with Crippen LogP contribution in [-0.2, 0) is 14.1 Å². The largest absolute Gasteiger partial charge is 0.493 e. The lowest BCUT2D eigenvalue weighted by Gasteiger charge is -2.14. The zero-order chi connectivity index (χ0) is 21.7. The highest BCUT2D eigenvalue weighted by molar-refractivity contribution is 6.30. The Morgan fingerprint density at radius 1 is 1.10 bits per heavy atom. The SMILES string of the molecule is Cc1c(C(=O)c2cnn(C)c2O)ccc2c1c(=O)n(-c1cccc(Cl)c1)c(=O)n2C. The van der Waals surface area contributed by atoms with Gasteiger partial charge >= 0.3 is 5.69 Å². The average molecular weight is 425 g/mol. The molecule has 0 aliphatic carbocycles. The van der Waals surface area contributed by atoms with Crippen molar-refractivity contribution >= 4 is 28.3 Å². The number of halogens is 1. The minimum Gasteiger partial charge on any atom is -0.493 e. The Labute approximate surface area is 175 Å². The second kappa shape index (κ2) is 7.00. The highest BCUT2D eigenvalue weighted by Crippen LogP contribution is 2.25. The number of carbonyl (C=O) groups excluding carboxylic acids is 1. The second-order valence-corrected chi connectivity index (χ2v) is 7.37. The number of hydrogen-bond donors (Lipinski definition) is 1. The third kappa shape index (κ3) is 2.84. The predicted molar refractivity (Wildman–Crippen MR) is 113 cm³/mol. The van der Waals surface area contributed by atoms with E-state index in [1.54, 1.807) is 38.2 Å². The van der Waals surface area contributed by atoms with E-state index in [-0.39, 0.29) is 22.4 Å². The molecule has 0 radical (unpaired) electrons. The van der Waals surface area contributed by atoms with Crippen LogP contribution in [0.4, 0.5) is 0 Å². The molecule has 0 amide bonds. The smallest absolute Gasteiger partial charge is 0.335 e. The number of aromatic hydroxyl groups is 1. The Morgan fingerprint density at radius 3 is 2.47 bits per heavy atom. The van der Waals surface area contributed by atoms with E-state index in [2.05, 4.69) is 5.10 Å². The van der Waals surface area contributed by atoms with Crippen LogP contribution < -0.4 is 11.2 Å². The fourth-order valence-corrected chi connectivity index (χ4v) is 3.71. The van der Waals surface area contributed by atoms with Crippen LogP contribution in [0.1, 0.15) is 21.5 Å². The number of nitrogens with zero attached hydrogens (tertiary/aromatic N) is 4. The topological polar surface area (TPSA) is 99.1 Å². The fourth-order valence-electron chi connectivity index (χ4n) is 3.52. The maximum Gasteiger partial charge on any atom is 0.335 e. The summed E-state index contributed by atoms with van der Waals surface area (Å²) in [5.41, 5.74) is 0.302. The Hall–Kier alpha value is -3.65. The lowest BCUT2D eigenvalue weighted by Crippen LogP contribution is -2.38. The summed E-state index contributed by atoms with van der Waals surface area (Å²) in [5, 5.41) is 14.6. The molecule has 0 saturated carbocycles. The van der Waals surface area contributed by atoms with Crippen LogP contribution in [0.3, 0.4) is 0 Å². The van der Waals surface area contributed by atoms with Crippen molar-refractivity contribution in [2.24, 2.45) is 14.1 Å². The normalized spacial score (nSPS) is 11.2. The number of aromatic nitrogens is 4. The van der Waals surface area contributed by atoms with Gasteiger partial charge < -0.3 is 5.11 Å². The van der Waals surface area contributed by atoms with Crippen molar-refractivity contribution in [3.05, 3.63) is 85.1 Å². The Balaban J connectivity index is 2.04. The van der Waals surface area contributed by atoms with Gasteiger partial charge in [0.15, 0.2) is 5.78 Å². The maximum atomic E-state index is 13.3. The Morgan fingerprint density at radius 2 is 1.83 bits per heavy atom. The van der Waals surface area contributed by atoms with Gasteiger partial charge in [-0.3, -0.25) is 14.2 Å². The molecule has 9 heteroatoms. The molecule has 1 N–H and O–H groups in total. The number of carbonyl (C=O) groups is 1. The molecule has 2 heterocycles. The quantitative estimate of drug-likeness (QED) is 0.509. The van der Waals surface area contributed by atoms with E-state index in [0.717, 1.165) is 4.57 Å². The molecular formula is C21H17ClN4O4. The van der Waals surface area contributed by atoms with Crippen molar-refractivity contribution in [1.82, 2.24) is 18.9 Å². The molecule has 0 spiro atoms. The van der Waals surface area contributed by atoms with E-state index >= 15 is 0 Å². The first-order valence-electron chi connectivity index (χ1n) is 8.99. The van der Waals surface area contributed by atoms with Gasteiger partial charge in [-0.05, 0) is 42.8 Å². The summed E-state index contributed by atoms with van der Waals surface area (Å²) in [6.07, 6.45) is 1.27. The predicted octanol–water partition coefficient (Wildman–Crippen LogP) is 2.32. The molecule has 8 nitrogen and oxygen atoms in total. The molecule has 0 saturated heterocycles. The van der Waals surface area contributed by atoms with Gasteiger partial charge in [-0.1, -0.05) is 17.7 Å². The van der Waals surface area contributed by atoms with Crippen LogP contribution in [0.5, 0.6) is 5.88 Å². The molecule has 0 fully saturated rings. The molecule has 4 aromatic rings. The summed E-state index contributed by atoms with van der Waals surface area (Å²) in [6, 6.07) is 9.51. The van der Waals surface area contributed by atoms with Crippen molar-refractivity contribution in [2.75, 3.05) is 0 Å². The van der Waals surface area contributed by atoms with Crippen molar-refractivity contribution in [3.8, 4) is 11.6 Å². The number of aryl methyl sites for hydroxylation is 3. The van der Waals surface area contributed by atoms with Crippen molar-refractivity contribution < 1.29 is 9.90 Å². The van der Waals surface area contributed by atoms with Crippen LogP contribution in [0.2, 0.25) is 5.02 Å². The first kappa shape index (κ1) is 19.7. The van der Waals surface area contributed by atoms with Crippen LogP contribution in [-0.4, -0.2) is 29.8 Å². The average Bonchev–Trinajstić information content (AvgIpc) is 3.04. The van der Waals surface area contributed by atoms with Crippen LogP contribution >= 0.6 is 11.6 Å². The molecule has 152 valence electrons. The molecule has 0 bridgehead atoms.